The molecule has 0 aliphatic carbocycles. The van der Waals surface area contributed by atoms with Gasteiger partial charge in [0.2, 0.25) is 0 Å². The molecule has 5 heteroatoms. The first-order valence-electron chi connectivity index (χ1n) is 7.85. The Kier molecular flexibility index (Phi) is 6.51. The fraction of sp³-hybridized carbons (Fsp3) is 0.263. The van der Waals surface area contributed by atoms with Crippen LogP contribution in [0.1, 0.15) is 32.7 Å². The van der Waals surface area contributed by atoms with E-state index in [9.17, 15) is 9.59 Å². The maximum atomic E-state index is 12.2. The minimum Gasteiger partial charge on any atom is -0.385 e. The van der Waals surface area contributed by atoms with Crippen LogP contribution in [0.25, 0.3) is 0 Å². The smallest absolute Gasteiger partial charge is 0.255 e. The summed E-state index contributed by atoms with van der Waals surface area (Å²) in [6.45, 7) is 3.12. The van der Waals surface area contributed by atoms with E-state index in [1.165, 1.54) is 0 Å². The van der Waals surface area contributed by atoms with E-state index in [0.29, 0.717) is 30.0 Å². The van der Waals surface area contributed by atoms with Gasteiger partial charge in [-0.25, -0.2) is 0 Å². The molecule has 2 aromatic rings. The lowest BCUT2D eigenvalue weighted by molar-refractivity contribution is 0.0948. The van der Waals surface area contributed by atoms with Gasteiger partial charge in [-0.3, -0.25) is 9.59 Å². The van der Waals surface area contributed by atoms with Crippen molar-refractivity contribution in [2.45, 2.75) is 13.3 Å². The molecule has 0 atom stereocenters. The molecule has 0 radical (unpaired) electrons. The molecule has 0 saturated carbocycles. The van der Waals surface area contributed by atoms with Gasteiger partial charge in [-0.05, 0) is 49.7 Å². The van der Waals surface area contributed by atoms with Crippen LogP contribution in [0.2, 0.25) is 0 Å². The second-order valence-electron chi connectivity index (χ2n) is 5.50. The predicted octanol–water partition coefficient (Wildman–Crippen LogP) is 3.01. The van der Waals surface area contributed by atoms with Gasteiger partial charge in [-0.15, -0.1) is 0 Å². The first-order valence-corrected chi connectivity index (χ1v) is 7.85. The number of hydrogen-bond donors (Lipinski definition) is 2. The van der Waals surface area contributed by atoms with Crippen molar-refractivity contribution in [1.82, 2.24) is 5.32 Å². The van der Waals surface area contributed by atoms with Crippen molar-refractivity contribution >= 4 is 17.5 Å². The molecular weight excluding hydrogens is 304 g/mol. The molecule has 24 heavy (non-hydrogen) atoms. The van der Waals surface area contributed by atoms with Crippen LogP contribution in [0.3, 0.4) is 0 Å². The number of amides is 2. The van der Waals surface area contributed by atoms with Gasteiger partial charge in [0, 0.05) is 37.1 Å². The van der Waals surface area contributed by atoms with Crippen molar-refractivity contribution in [3.63, 3.8) is 0 Å². The van der Waals surface area contributed by atoms with E-state index in [2.05, 4.69) is 10.6 Å². The Labute approximate surface area is 142 Å². The van der Waals surface area contributed by atoms with Crippen molar-refractivity contribution in [3.05, 3.63) is 65.2 Å². The molecule has 0 heterocycles. The summed E-state index contributed by atoms with van der Waals surface area (Å²) in [6, 6.07) is 14.2. The Hall–Kier alpha value is -2.66. The van der Waals surface area contributed by atoms with E-state index < -0.39 is 0 Å². The molecule has 0 spiro atoms. The molecule has 5 nitrogen and oxygen atoms in total. The van der Waals surface area contributed by atoms with Crippen molar-refractivity contribution in [2.75, 3.05) is 25.6 Å². The topological polar surface area (TPSA) is 67.4 Å². The minimum absolute atomic E-state index is 0.136. The lowest BCUT2D eigenvalue weighted by Crippen LogP contribution is -2.25. The second kappa shape index (κ2) is 8.84. The number of hydrogen-bond acceptors (Lipinski definition) is 3. The van der Waals surface area contributed by atoms with Crippen LogP contribution in [-0.4, -0.2) is 32.1 Å². The van der Waals surface area contributed by atoms with Gasteiger partial charge in [0.25, 0.3) is 11.8 Å². The van der Waals surface area contributed by atoms with E-state index in [-0.39, 0.29) is 11.8 Å². The van der Waals surface area contributed by atoms with E-state index in [1.54, 1.807) is 37.4 Å². The van der Waals surface area contributed by atoms with Crippen LogP contribution in [0.5, 0.6) is 0 Å². The average molecular weight is 326 g/mol. The molecule has 0 aliphatic rings. The van der Waals surface area contributed by atoms with E-state index in [4.69, 9.17) is 4.74 Å². The van der Waals surface area contributed by atoms with Gasteiger partial charge in [0.1, 0.15) is 0 Å². The monoisotopic (exact) mass is 326 g/mol. The van der Waals surface area contributed by atoms with Crippen LogP contribution in [0.15, 0.2) is 48.5 Å². The SMILES string of the molecule is COCCCNC(=O)c1ccc(NC(=O)c2cccc(C)c2)cc1. The Morgan fingerprint density at radius 3 is 2.42 bits per heavy atom. The molecule has 2 rings (SSSR count). The van der Waals surface area contributed by atoms with Crippen molar-refractivity contribution in [1.29, 1.82) is 0 Å². The van der Waals surface area contributed by atoms with Crippen LogP contribution < -0.4 is 10.6 Å². The number of ether oxygens (including phenoxy) is 1. The highest BCUT2D eigenvalue weighted by molar-refractivity contribution is 6.04. The number of rotatable bonds is 7. The summed E-state index contributed by atoms with van der Waals surface area (Å²) in [5.41, 5.74) is 2.84. The molecule has 2 amide bonds. The molecular formula is C19H22N2O3. The highest BCUT2D eigenvalue weighted by atomic mass is 16.5. The third-order valence-corrected chi connectivity index (χ3v) is 3.50. The van der Waals surface area contributed by atoms with Gasteiger partial charge >= 0.3 is 0 Å². The molecule has 0 saturated heterocycles. The van der Waals surface area contributed by atoms with Gasteiger partial charge in [0.05, 0.1) is 0 Å². The third kappa shape index (κ3) is 5.21. The van der Waals surface area contributed by atoms with Crippen LogP contribution in [0.4, 0.5) is 5.69 Å². The summed E-state index contributed by atoms with van der Waals surface area (Å²) < 4.78 is 4.93. The number of nitrogens with one attached hydrogen (secondary N) is 2. The van der Waals surface area contributed by atoms with E-state index in [0.717, 1.165) is 12.0 Å². The largest absolute Gasteiger partial charge is 0.385 e. The first kappa shape index (κ1) is 17.7. The van der Waals surface area contributed by atoms with Crippen LogP contribution >= 0.6 is 0 Å². The Balaban J connectivity index is 1.92. The van der Waals surface area contributed by atoms with Gasteiger partial charge in [-0.1, -0.05) is 17.7 Å². The number of carbonyl (C=O) groups is 2. The maximum Gasteiger partial charge on any atom is 0.255 e. The molecule has 2 N–H and O–H groups in total. The summed E-state index contributed by atoms with van der Waals surface area (Å²) in [6.07, 6.45) is 0.771. The Morgan fingerprint density at radius 2 is 1.75 bits per heavy atom. The highest BCUT2D eigenvalue weighted by Gasteiger charge is 2.08. The summed E-state index contributed by atoms with van der Waals surface area (Å²) in [7, 11) is 1.63. The number of methoxy groups -OCH3 is 1. The summed E-state index contributed by atoms with van der Waals surface area (Å²) in [5, 5.41) is 5.64. The molecule has 2 aromatic carbocycles. The van der Waals surface area contributed by atoms with E-state index in [1.807, 2.05) is 25.1 Å². The zero-order valence-electron chi connectivity index (χ0n) is 14.0. The number of carbonyl (C=O) groups excluding carboxylic acids is 2. The standard InChI is InChI=1S/C19H22N2O3/c1-14-5-3-6-16(13-14)19(23)21-17-9-7-15(8-10-17)18(22)20-11-4-12-24-2/h3,5-10,13H,4,11-12H2,1-2H3,(H,20,22)(H,21,23). The molecule has 0 aliphatic heterocycles. The average Bonchev–Trinajstić information content (AvgIpc) is 2.59. The quantitative estimate of drug-likeness (QED) is 0.769. The second-order valence-corrected chi connectivity index (χ2v) is 5.50. The summed E-state index contributed by atoms with van der Waals surface area (Å²) in [5.74, 6) is -0.307. The molecule has 0 fully saturated rings. The number of benzene rings is 2. The zero-order valence-corrected chi connectivity index (χ0v) is 14.0. The normalized spacial score (nSPS) is 10.2. The highest BCUT2D eigenvalue weighted by Crippen LogP contribution is 2.12. The van der Waals surface area contributed by atoms with Gasteiger partial charge in [0.15, 0.2) is 0 Å². The lowest BCUT2D eigenvalue weighted by Gasteiger charge is -2.08. The summed E-state index contributed by atoms with van der Waals surface area (Å²) in [4.78, 5) is 24.1. The van der Waals surface area contributed by atoms with Gasteiger partial charge in [-0.2, -0.15) is 0 Å². The summed E-state index contributed by atoms with van der Waals surface area (Å²) >= 11 is 0. The Morgan fingerprint density at radius 1 is 1.00 bits per heavy atom. The maximum absolute atomic E-state index is 12.2. The third-order valence-electron chi connectivity index (χ3n) is 3.50. The minimum atomic E-state index is -0.171. The number of aryl methyl sites for hydroxylation is 1. The molecule has 0 unspecified atom stereocenters. The predicted molar refractivity (Wildman–Crippen MR) is 94.4 cm³/mol. The van der Waals surface area contributed by atoms with E-state index >= 15 is 0 Å². The number of anilines is 1. The molecule has 0 aromatic heterocycles. The zero-order chi connectivity index (χ0) is 17.4. The van der Waals surface area contributed by atoms with Crippen molar-refractivity contribution < 1.29 is 14.3 Å². The lowest BCUT2D eigenvalue weighted by atomic mass is 10.1. The van der Waals surface area contributed by atoms with Gasteiger partial charge < -0.3 is 15.4 Å². The van der Waals surface area contributed by atoms with Crippen molar-refractivity contribution in [3.8, 4) is 0 Å². The van der Waals surface area contributed by atoms with Crippen molar-refractivity contribution in [2.24, 2.45) is 0 Å². The fourth-order valence-corrected chi connectivity index (χ4v) is 2.21. The molecule has 126 valence electrons. The van der Waals surface area contributed by atoms with Crippen LogP contribution in [0, 0.1) is 6.92 Å². The molecule has 0 bridgehead atoms. The fourth-order valence-electron chi connectivity index (χ4n) is 2.21. The van der Waals surface area contributed by atoms with Crippen LogP contribution in [-0.2, 0) is 4.74 Å². The first-order chi connectivity index (χ1) is 11.6. The Bertz CT molecular complexity index is 696.